The number of benzene rings is 3. The van der Waals surface area contributed by atoms with Gasteiger partial charge in [-0.2, -0.15) is 0 Å². The van der Waals surface area contributed by atoms with Gasteiger partial charge in [0.25, 0.3) is 0 Å². The van der Waals surface area contributed by atoms with Gasteiger partial charge in [0.05, 0.1) is 0 Å². The van der Waals surface area contributed by atoms with E-state index in [9.17, 15) is 0 Å². The van der Waals surface area contributed by atoms with Gasteiger partial charge in [0.15, 0.2) is 0 Å². The summed E-state index contributed by atoms with van der Waals surface area (Å²) in [4.78, 5) is 0. The molecular formula is C25H28N4. The first kappa shape index (κ1) is 20.3. The van der Waals surface area contributed by atoms with Gasteiger partial charge in [0.1, 0.15) is 11.7 Å². The molecule has 3 aromatic rings. The lowest BCUT2D eigenvalue weighted by Gasteiger charge is -2.09. The second kappa shape index (κ2) is 9.20. The quantitative estimate of drug-likeness (QED) is 0.347. The minimum atomic E-state index is 0.107. The lowest BCUT2D eigenvalue weighted by Crippen LogP contribution is -2.10. The van der Waals surface area contributed by atoms with Crippen LogP contribution < -0.4 is 11.5 Å². The van der Waals surface area contributed by atoms with E-state index in [4.69, 9.17) is 22.3 Å². The number of rotatable bonds is 8. The molecular weight excluding hydrogens is 356 g/mol. The summed E-state index contributed by atoms with van der Waals surface area (Å²) in [6.07, 6.45) is 3.91. The summed E-state index contributed by atoms with van der Waals surface area (Å²) in [5.74, 6) is 0.214. The Hall–Kier alpha value is -3.40. The highest BCUT2D eigenvalue weighted by molar-refractivity contribution is 5.95. The lowest BCUT2D eigenvalue weighted by molar-refractivity contribution is 0.927. The first-order chi connectivity index (χ1) is 13.9. The minimum absolute atomic E-state index is 0.107. The average molecular weight is 385 g/mol. The number of nitrogens with two attached hydrogens (primary N) is 2. The fourth-order valence-electron chi connectivity index (χ4n) is 3.52. The SMILES string of the molecule is Cc1cc(CCc2ccc(C(=N)N)cc2)cc(CCc2ccc(C(=N)N)cc2)c1. The van der Waals surface area contributed by atoms with E-state index in [0.717, 1.165) is 36.8 Å². The van der Waals surface area contributed by atoms with Gasteiger partial charge in [0.2, 0.25) is 0 Å². The van der Waals surface area contributed by atoms with Gasteiger partial charge in [-0.3, -0.25) is 10.8 Å². The van der Waals surface area contributed by atoms with Gasteiger partial charge in [-0.25, -0.2) is 0 Å². The van der Waals surface area contributed by atoms with Crippen molar-refractivity contribution in [1.29, 1.82) is 10.8 Å². The van der Waals surface area contributed by atoms with Crippen molar-refractivity contribution in [2.75, 3.05) is 0 Å². The van der Waals surface area contributed by atoms with Gasteiger partial charge < -0.3 is 11.5 Å². The van der Waals surface area contributed by atoms with Gasteiger partial charge in [0, 0.05) is 11.1 Å². The smallest absolute Gasteiger partial charge is 0.122 e. The van der Waals surface area contributed by atoms with Crippen molar-refractivity contribution in [3.63, 3.8) is 0 Å². The molecule has 0 aliphatic rings. The molecule has 0 atom stereocenters. The van der Waals surface area contributed by atoms with Gasteiger partial charge in [-0.15, -0.1) is 0 Å². The largest absolute Gasteiger partial charge is 0.384 e. The summed E-state index contributed by atoms with van der Waals surface area (Å²) in [6, 6.07) is 22.7. The van der Waals surface area contributed by atoms with Crippen molar-refractivity contribution in [1.82, 2.24) is 0 Å². The fraction of sp³-hybridized carbons (Fsp3) is 0.200. The molecule has 0 amide bonds. The fourth-order valence-corrected chi connectivity index (χ4v) is 3.52. The zero-order chi connectivity index (χ0) is 20.8. The third-order valence-corrected chi connectivity index (χ3v) is 5.13. The van der Waals surface area contributed by atoms with E-state index in [0.29, 0.717) is 0 Å². The van der Waals surface area contributed by atoms with Crippen LogP contribution in [0.15, 0.2) is 66.7 Å². The van der Waals surface area contributed by atoms with Crippen molar-refractivity contribution in [2.24, 2.45) is 11.5 Å². The first-order valence-electron chi connectivity index (χ1n) is 9.87. The van der Waals surface area contributed by atoms with Crippen LogP contribution in [0.5, 0.6) is 0 Å². The second-order valence-electron chi connectivity index (χ2n) is 7.55. The second-order valence-corrected chi connectivity index (χ2v) is 7.55. The highest BCUT2D eigenvalue weighted by Gasteiger charge is 2.03. The molecule has 0 bridgehead atoms. The Morgan fingerprint density at radius 2 is 0.931 bits per heavy atom. The van der Waals surface area contributed by atoms with E-state index in [-0.39, 0.29) is 11.7 Å². The third kappa shape index (κ3) is 5.79. The van der Waals surface area contributed by atoms with Crippen LogP contribution in [0.1, 0.15) is 38.9 Å². The summed E-state index contributed by atoms with van der Waals surface area (Å²) in [5.41, 5.74) is 19.1. The van der Waals surface area contributed by atoms with E-state index < -0.39 is 0 Å². The molecule has 0 heterocycles. The molecule has 0 saturated carbocycles. The molecule has 3 aromatic carbocycles. The average Bonchev–Trinajstić information content (AvgIpc) is 2.71. The molecule has 0 saturated heterocycles. The molecule has 0 aliphatic heterocycles. The summed E-state index contributed by atoms with van der Waals surface area (Å²) in [5, 5.41) is 15.0. The van der Waals surface area contributed by atoms with E-state index in [1.807, 2.05) is 24.3 Å². The maximum Gasteiger partial charge on any atom is 0.122 e. The van der Waals surface area contributed by atoms with Gasteiger partial charge >= 0.3 is 0 Å². The Morgan fingerprint density at radius 1 is 0.586 bits per heavy atom. The molecule has 4 heteroatoms. The summed E-state index contributed by atoms with van der Waals surface area (Å²) >= 11 is 0. The predicted octanol–water partition coefficient (Wildman–Crippen LogP) is 4.13. The van der Waals surface area contributed by atoms with Crippen LogP contribution in [0.2, 0.25) is 0 Å². The topological polar surface area (TPSA) is 99.7 Å². The highest BCUT2D eigenvalue weighted by atomic mass is 14.7. The number of hydrogen-bond acceptors (Lipinski definition) is 2. The van der Waals surface area contributed by atoms with Gasteiger partial charge in [-0.1, -0.05) is 72.3 Å². The first-order valence-corrected chi connectivity index (χ1v) is 9.87. The summed E-state index contributed by atoms with van der Waals surface area (Å²) in [6.45, 7) is 2.15. The van der Waals surface area contributed by atoms with Crippen molar-refractivity contribution in [3.05, 3.63) is 106 Å². The summed E-state index contributed by atoms with van der Waals surface area (Å²) in [7, 11) is 0. The molecule has 148 valence electrons. The number of hydrogen-bond donors (Lipinski definition) is 4. The van der Waals surface area contributed by atoms with E-state index in [1.54, 1.807) is 0 Å². The maximum absolute atomic E-state index is 7.48. The lowest BCUT2D eigenvalue weighted by atomic mass is 9.96. The molecule has 29 heavy (non-hydrogen) atoms. The third-order valence-electron chi connectivity index (χ3n) is 5.13. The van der Waals surface area contributed by atoms with Crippen molar-refractivity contribution < 1.29 is 0 Å². The predicted molar refractivity (Wildman–Crippen MR) is 121 cm³/mol. The van der Waals surface area contributed by atoms with Crippen LogP contribution in [0.25, 0.3) is 0 Å². The molecule has 0 radical (unpaired) electrons. The molecule has 3 rings (SSSR count). The van der Waals surface area contributed by atoms with Crippen molar-refractivity contribution in [2.45, 2.75) is 32.6 Å². The van der Waals surface area contributed by atoms with Crippen LogP contribution in [0.4, 0.5) is 0 Å². The van der Waals surface area contributed by atoms with Crippen molar-refractivity contribution >= 4 is 11.7 Å². The molecule has 4 nitrogen and oxygen atoms in total. The Bertz CT molecular complexity index is 922. The molecule has 0 aromatic heterocycles. The van der Waals surface area contributed by atoms with Crippen molar-refractivity contribution in [3.8, 4) is 0 Å². The Balaban J connectivity index is 1.61. The van der Waals surface area contributed by atoms with Crippen LogP contribution in [-0.4, -0.2) is 11.7 Å². The maximum atomic E-state index is 7.48. The zero-order valence-electron chi connectivity index (χ0n) is 16.8. The summed E-state index contributed by atoms with van der Waals surface area (Å²) < 4.78 is 0. The minimum Gasteiger partial charge on any atom is -0.384 e. The number of nitrogen functional groups attached to an aromatic ring is 2. The molecule has 0 unspecified atom stereocenters. The Kier molecular flexibility index (Phi) is 6.45. The van der Waals surface area contributed by atoms with E-state index in [1.165, 1.54) is 27.8 Å². The number of amidine groups is 2. The van der Waals surface area contributed by atoms with Crippen LogP contribution in [0, 0.1) is 17.7 Å². The van der Waals surface area contributed by atoms with Crippen LogP contribution in [0.3, 0.4) is 0 Å². The van der Waals surface area contributed by atoms with E-state index >= 15 is 0 Å². The molecule has 0 spiro atoms. The van der Waals surface area contributed by atoms with Gasteiger partial charge in [-0.05, 0) is 54.9 Å². The van der Waals surface area contributed by atoms with E-state index in [2.05, 4.69) is 49.4 Å². The molecule has 6 N–H and O–H groups in total. The monoisotopic (exact) mass is 384 g/mol. The van der Waals surface area contributed by atoms with Crippen LogP contribution in [-0.2, 0) is 25.7 Å². The zero-order valence-corrected chi connectivity index (χ0v) is 16.8. The number of nitrogens with one attached hydrogen (secondary N) is 2. The standard InChI is InChI=1S/C25H28N4/c1-17-14-20(4-2-18-6-10-22(11-7-18)24(26)27)16-21(15-17)5-3-19-8-12-23(13-9-19)25(28)29/h6-16H,2-5H2,1H3,(H3,26,27)(H3,28,29). The Labute approximate surface area is 172 Å². The normalized spacial score (nSPS) is 10.7. The Morgan fingerprint density at radius 3 is 1.28 bits per heavy atom. The molecule has 0 fully saturated rings. The molecule has 0 aliphatic carbocycles. The highest BCUT2D eigenvalue weighted by Crippen LogP contribution is 2.16. The number of aryl methyl sites for hydroxylation is 5. The van der Waals surface area contributed by atoms with Crippen LogP contribution >= 0.6 is 0 Å².